The highest BCUT2D eigenvalue weighted by Gasteiger charge is 2.32. The van der Waals surface area contributed by atoms with Gasteiger partial charge in [0.2, 0.25) is 0 Å². The molecule has 132 valence electrons. The second-order valence-corrected chi connectivity index (χ2v) is 6.13. The Bertz CT molecular complexity index is 811. The number of alkyl halides is 3. The summed E-state index contributed by atoms with van der Waals surface area (Å²) in [6.45, 7) is 0. The topological polar surface area (TPSA) is 36.9 Å². The van der Waals surface area contributed by atoms with E-state index in [1.165, 1.54) is 19.2 Å². The van der Waals surface area contributed by atoms with E-state index in [4.69, 9.17) is 16.3 Å². The van der Waals surface area contributed by atoms with Gasteiger partial charge in [0.05, 0.1) is 18.4 Å². The molecule has 1 heterocycles. The first-order chi connectivity index (χ1) is 11.8. The number of nitrogens with one attached hydrogen (secondary N) is 1. The molecule has 3 rings (SSSR count). The third kappa shape index (κ3) is 3.50. The van der Waals surface area contributed by atoms with Gasteiger partial charge in [-0.15, -0.1) is 12.6 Å². The fourth-order valence-electron chi connectivity index (χ4n) is 2.46. The van der Waals surface area contributed by atoms with Crippen molar-refractivity contribution in [2.45, 2.75) is 11.7 Å². The van der Waals surface area contributed by atoms with Crippen molar-refractivity contribution < 1.29 is 17.9 Å². The monoisotopic (exact) mass is 387 g/mol. The van der Waals surface area contributed by atoms with Crippen molar-refractivity contribution in [1.29, 1.82) is 0 Å². The highest BCUT2D eigenvalue weighted by Crippen LogP contribution is 2.36. The lowest BCUT2D eigenvalue weighted by Gasteiger charge is -2.26. The van der Waals surface area contributed by atoms with E-state index >= 15 is 0 Å². The first-order valence-electron chi connectivity index (χ1n) is 7.13. The first-order valence-corrected chi connectivity index (χ1v) is 8.02. The number of nitrogens with zero attached hydrogens (tertiary/aromatic N) is 2. The molecule has 2 aromatic carbocycles. The maximum absolute atomic E-state index is 12.7. The summed E-state index contributed by atoms with van der Waals surface area (Å²) in [5.74, 6) is 0.945. The molecule has 0 fully saturated rings. The van der Waals surface area contributed by atoms with E-state index in [2.05, 4.69) is 23.2 Å². The Hall–Kier alpha value is -2.06. The largest absolute Gasteiger partial charge is 0.495 e. The Morgan fingerprint density at radius 3 is 2.48 bits per heavy atom. The normalized spacial score (nSPS) is 17.3. The molecule has 0 radical (unpaired) electrons. The summed E-state index contributed by atoms with van der Waals surface area (Å²) in [7, 11) is 1.51. The van der Waals surface area contributed by atoms with E-state index in [-0.39, 0.29) is 0 Å². The number of hydrazone groups is 1. The van der Waals surface area contributed by atoms with Crippen LogP contribution in [0.4, 0.5) is 18.9 Å². The first kappa shape index (κ1) is 17.8. The molecule has 25 heavy (non-hydrogen) atoms. The van der Waals surface area contributed by atoms with Crippen molar-refractivity contribution in [1.82, 2.24) is 5.43 Å². The van der Waals surface area contributed by atoms with Gasteiger partial charge in [0.25, 0.3) is 0 Å². The molecule has 4 nitrogen and oxygen atoms in total. The van der Waals surface area contributed by atoms with Crippen LogP contribution in [-0.2, 0) is 6.18 Å². The Morgan fingerprint density at radius 1 is 1.20 bits per heavy atom. The maximum atomic E-state index is 12.7. The van der Waals surface area contributed by atoms with Crippen LogP contribution in [-0.4, -0.2) is 18.4 Å². The molecule has 0 aromatic heterocycles. The molecule has 0 bridgehead atoms. The van der Waals surface area contributed by atoms with E-state index in [0.717, 1.165) is 12.1 Å². The van der Waals surface area contributed by atoms with Gasteiger partial charge in [-0.25, -0.2) is 0 Å². The van der Waals surface area contributed by atoms with Crippen LogP contribution in [0.25, 0.3) is 0 Å². The van der Waals surface area contributed by atoms with Crippen LogP contribution in [0.2, 0.25) is 5.02 Å². The lowest BCUT2D eigenvalue weighted by molar-refractivity contribution is -0.137. The maximum Gasteiger partial charge on any atom is 0.416 e. The third-order valence-electron chi connectivity index (χ3n) is 3.63. The van der Waals surface area contributed by atoms with E-state index in [1.54, 1.807) is 23.1 Å². The number of halogens is 4. The van der Waals surface area contributed by atoms with Crippen molar-refractivity contribution in [3.8, 4) is 5.75 Å². The summed E-state index contributed by atoms with van der Waals surface area (Å²) < 4.78 is 43.6. The lowest BCUT2D eigenvalue weighted by atomic mass is 10.1. The Kier molecular flexibility index (Phi) is 4.75. The summed E-state index contributed by atoms with van der Waals surface area (Å²) in [5.41, 5.74) is 2.64. The van der Waals surface area contributed by atoms with Gasteiger partial charge in [-0.05, 0) is 30.3 Å². The summed E-state index contributed by atoms with van der Waals surface area (Å²) >= 11 is 10.5. The molecule has 0 spiro atoms. The van der Waals surface area contributed by atoms with Crippen LogP contribution in [0, 0.1) is 0 Å². The zero-order valence-electron chi connectivity index (χ0n) is 12.9. The average molecular weight is 388 g/mol. The quantitative estimate of drug-likeness (QED) is 0.769. The number of hydrogen-bond acceptors (Lipinski definition) is 5. The molecule has 1 N–H and O–H groups in total. The number of anilines is 1. The number of thiol groups is 1. The van der Waals surface area contributed by atoms with Gasteiger partial charge in [-0.3, -0.25) is 10.3 Å². The van der Waals surface area contributed by atoms with Gasteiger partial charge in [0.15, 0.2) is 11.3 Å². The van der Waals surface area contributed by atoms with Crippen LogP contribution < -0.4 is 15.1 Å². The highest BCUT2D eigenvalue weighted by molar-refractivity contribution is 7.81. The smallest absolute Gasteiger partial charge is 0.416 e. The summed E-state index contributed by atoms with van der Waals surface area (Å²) in [6.07, 6.45) is -4.39. The number of methoxy groups -OCH3 is 1. The lowest BCUT2D eigenvalue weighted by Crippen LogP contribution is -2.37. The Morgan fingerprint density at radius 2 is 1.88 bits per heavy atom. The number of hydrogen-bond donors (Lipinski definition) is 2. The van der Waals surface area contributed by atoms with Crippen molar-refractivity contribution >= 4 is 35.8 Å². The van der Waals surface area contributed by atoms with Crippen LogP contribution in [0.5, 0.6) is 5.75 Å². The van der Waals surface area contributed by atoms with Gasteiger partial charge in [-0.2, -0.15) is 18.3 Å². The van der Waals surface area contributed by atoms with Gasteiger partial charge < -0.3 is 4.74 Å². The van der Waals surface area contributed by atoms with Crippen LogP contribution in [0.1, 0.15) is 11.1 Å². The van der Waals surface area contributed by atoms with Crippen LogP contribution in [0.15, 0.2) is 47.6 Å². The number of ether oxygens (including phenoxy) is 1. The van der Waals surface area contributed by atoms with Gasteiger partial charge in [0, 0.05) is 10.6 Å². The molecular weight excluding hydrogens is 375 g/mol. The zero-order chi connectivity index (χ0) is 18.2. The minimum absolute atomic E-state index is 0.411. The van der Waals surface area contributed by atoms with E-state index in [9.17, 15) is 13.2 Å². The Balaban J connectivity index is 2.01. The summed E-state index contributed by atoms with van der Waals surface area (Å²) in [6, 6.07) is 9.79. The van der Waals surface area contributed by atoms with Crippen molar-refractivity contribution in [2.75, 3.05) is 12.0 Å². The number of amidine groups is 1. The number of rotatable bonds is 3. The molecule has 2 aromatic rings. The standard InChI is InChI=1S/C16H13ClF3N3OS/c1-24-13-7-6-11(17)8-12(13)23-14(21-22-15(23)25)9-2-4-10(5-3-9)16(18,19)20/h2-8,15,22,25H,1H3. The van der Waals surface area contributed by atoms with Crippen LogP contribution in [0.3, 0.4) is 0 Å². The van der Waals surface area contributed by atoms with E-state index in [1.807, 2.05) is 0 Å². The molecule has 0 amide bonds. The zero-order valence-corrected chi connectivity index (χ0v) is 14.5. The molecule has 0 saturated carbocycles. The van der Waals surface area contributed by atoms with Crippen molar-refractivity contribution in [2.24, 2.45) is 5.10 Å². The third-order valence-corrected chi connectivity index (χ3v) is 4.21. The van der Waals surface area contributed by atoms with Crippen LogP contribution >= 0.6 is 24.2 Å². The molecule has 1 aliphatic rings. The van der Waals surface area contributed by atoms with Gasteiger partial charge in [-0.1, -0.05) is 23.7 Å². The molecule has 1 atom stereocenters. The fourth-order valence-corrected chi connectivity index (χ4v) is 2.91. The van der Waals surface area contributed by atoms with Crippen molar-refractivity contribution in [3.05, 3.63) is 58.6 Å². The molecule has 1 unspecified atom stereocenters. The molecule has 0 saturated heterocycles. The second kappa shape index (κ2) is 6.68. The predicted molar refractivity (Wildman–Crippen MR) is 94.4 cm³/mol. The molecular formula is C16H13ClF3N3OS. The number of benzene rings is 2. The SMILES string of the molecule is COc1ccc(Cl)cc1N1C(c2ccc(C(F)(F)F)cc2)=NNC1S. The van der Waals surface area contributed by atoms with E-state index in [0.29, 0.717) is 27.9 Å². The average Bonchev–Trinajstić information content (AvgIpc) is 2.95. The second-order valence-electron chi connectivity index (χ2n) is 5.20. The van der Waals surface area contributed by atoms with Crippen molar-refractivity contribution in [3.63, 3.8) is 0 Å². The molecule has 1 aliphatic heterocycles. The summed E-state index contributed by atoms with van der Waals surface area (Å²) in [5, 5.41) is 4.66. The van der Waals surface area contributed by atoms with E-state index < -0.39 is 17.2 Å². The Labute approximate surface area is 152 Å². The fraction of sp³-hybridized carbons (Fsp3) is 0.188. The highest BCUT2D eigenvalue weighted by atomic mass is 35.5. The molecule has 0 aliphatic carbocycles. The van der Waals surface area contributed by atoms with Gasteiger partial charge in [0.1, 0.15) is 5.75 Å². The van der Waals surface area contributed by atoms with Gasteiger partial charge >= 0.3 is 6.18 Å². The summed E-state index contributed by atoms with van der Waals surface area (Å²) in [4.78, 5) is 1.69. The minimum Gasteiger partial charge on any atom is -0.495 e. The molecule has 9 heteroatoms. The predicted octanol–water partition coefficient (Wildman–Crippen LogP) is 4.35. The minimum atomic E-state index is -4.39.